The largest absolute Gasteiger partial charge is 0.385 e. The molecule has 1 atom stereocenters. The molecule has 1 aromatic carbocycles. The zero-order valence-corrected chi connectivity index (χ0v) is 19.0. The maximum atomic E-state index is 13.3. The number of hydrogen-bond acceptors (Lipinski definition) is 5. The fourth-order valence-corrected chi connectivity index (χ4v) is 5.53. The predicted octanol–water partition coefficient (Wildman–Crippen LogP) is 3.19. The molecule has 1 amide bonds. The number of likely N-dealkylation sites (N-methyl/N-ethyl adjacent to an activating group) is 1. The molecule has 170 valence electrons. The molecule has 1 saturated carbocycles. The maximum Gasteiger partial charge on any atom is 0.231 e. The number of hydrogen-bond donors (Lipinski definition) is 1. The molecule has 2 aromatic rings. The molecule has 0 spiro atoms. The summed E-state index contributed by atoms with van der Waals surface area (Å²) in [5, 5.41) is 10.8. The van der Waals surface area contributed by atoms with E-state index in [0.29, 0.717) is 12.4 Å². The molecular weight excluding hydrogens is 400 g/mol. The van der Waals surface area contributed by atoms with E-state index in [9.17, 15) is 9.90 Å². The molecule has 3 fully saturated rings. The normalized spacial score (nSPS) is 23.8. The summed E-state index contributed by atoms with van der Waals surface area (Å²) in [5.74, 6) is 0.859. The van der Waals surface area contributed by atoms with Gasteiger partial charge in [-0.3, -0.25) is 9.69 Å². The maximum absolute atomic E-state index is 13.3. The third-order valence-corrected chi connectivity index (χ3v) is 7.61. The lowest BCUT2D eigenvalue weighted by atomic mass is 9.94. The second kappa shape index (κ2) is 8.83. The standard InChI is InChI=1S/C26H34N4O2/c1-28-14-16-29(17-15-28)23-7-3-2-6-20(23)18-21-10-13-30(25(21)31)24-9-8-22(19-27-24)26(32)11-4-5-12-26/h2-3,6-9,19,21,32H,4-5,10-18H2,1H3/t21-/m1/s1. The van der Waals surface area contributed by atoms with Gasteiger partial charge in [-0.15, -0.1) is 0 Å². The SMILES string of the molecule is CN1CCN(c2ccccc2C[C@H]2CCN(c3ccc(C4(O)CCCC4)cn3)C2=O)CC1. The van der Waals surface area contributed by atoms with Crippen LogP contribution in [0.5, 0.6) is 0 Å². The highest BCUT2D eigenvalue weighted by Gasteiger charge is 2.36. The average molecular weight is 435 g/mol. The molecule has 6 nitrogen and oxygen atoms in total. The van der Waals surface area contributed by atoms with E-state index in [-0.39, 0.29) is 11.8 Å². The molecule has 6 heteroatoms. The number of pyridine rings is 1. The first kappa shape index (κ1) is 21.4. The van der Waals surface area contributed by atoms with Crippen LogP contribution in [0.4, 0.5) is 11.5 Å². The highest BCUT2D eigenvalue weighted by molar-refractivity contribution is 5.96. The number of amides is 1. The zero-order valence-electron chi connectivity index (χ0n) is 19.0. The number of carbonyl (C=O) groups is 1. The number of aromatic nitrogens is 1. The molecule has 1 N–H and O–H groups in total. The lowest BCUT2D eigenvalue weighted by Gasteiger charge is -2.35. The summed E-state index contributed by atoms with van der Waals surface area (Å²) in [6, 6.07) is 12.4. The van der Waals surface area contributed by atoms with Gasteiger partial charge in [-0.25, -0.2) is 4.98 Å². The van der Waals surface area contributed by atoms with Crippen LogP contribution in [-0.2, 0) is 16.8 Å². The Balaban J connectivity index is 1.27. The predicted molar refractivity (Wildman–Crippen MR) is 127 cm³/mol. The first-order chi connectivity index (χ1) is 15.5. The zero-order chi connectivity index (χ0) is 22.1. The minimum absolute atomic E-state index is 0.0101. The van der Waals surface area contributed by atoms with Crippen molar-refractivity contribution in [2.45, 2.75) is 44.1 Å². The Hall–Kier alpha value is -2.44. The number of anilines is 2. The number of para-hydroxylation sites is 1. The van der Waals surface area contributed by atoms with Crippen molar-refractivity contribution in [3.63, 3.8) is 0 Å². The van der Waals surface area contributed by atoms with E-state index in [1.165, 1.54) is 11.3 Å². The fourth-order valence-electron chi connectivity index (χ4n) is 5.53. The monoisotopic (exact) mass is 434 g/mol. The van der Waals surface area contributed by atoms with Crippen molar-refractivity contribution in [2.75, 3.05) is 49.6 Å². The van der Waals surface area contributed by atoms with Crippen LogP contribution in [0.25, 0.3) is 0 Å². The summed E-state index contributed by atoms with van der Waals surface area (Å²) < 4.78 is 0. The van der Waals surface area contributed by atoms with Gasteiger partial charge in [-0.2, -0.15) is 0 Å². The summed E-state index contributed by atoms with van der Waals surface area (Å²) in [5.41, 5.74) is 2.68. The summed E-state index contributed by atoms with van der Waals surface area (Å²) in [6.45, 7) is 4.90. The Kier molecular flexibility index (Phi) is 5.91. The van der Waals surface area contributed by atoms with Gasteiger partial charge in [0, 0.05) is 56.1 Å². The molecular formula is C26H34N4O2. The van der Waals surface area contributed by atoms with E-state index in [1.807, 2.05) is 17.0 Å². The van der Waals surface area contributed by atoms with Crippen molar-refractivity contribution in [3.05, 3.63) is 53.7 Å². The smallest absolute Gasteiger partial charge is 0.231 e. The average Bonchev–Trinajstić information content (AvgIpc) is 3.42. The fraction of sp³-hybridized carbons (Fsp3) is 0.538. The van der Waals surface area contributed by atoms with Crippen molar-refractivity contribution in [3.8, 4) is 0 Å². The minimum Gasteiger partial charge on any atom is -0.385 e. The van der Waals surface area contributed by atoms with Crippen molar-refractivity contribution >= 4 is 17.4 Å². The van der Waals surface area contributed by atoms with E-state index >= 15 is 0 Å². The van der Waals surface area contributed by atoms with Gasteiger partial charge < -0.3 is 14.9 Å². The Morgan fingerprint density at radius 2 is 1.78 bits per heavy atom. The highest BCUT2D eigenvalue weighted by Crippen LogP contribution is 2.39. The number of carbonyl (C=O) groups excluding carboxylic acids is 1. The second-order valence-corrected chi connectivity index (χ2v) is 9.74. The molecule has 1 aromatic heterocycles. The van der Waals surface area contributed by atoms with Gasteiger partial charge in [0.25, 0.3) is 0 Å². The first-order valence-electron chi connectivity index (χ1n) is 12.1. The third-order valence-electron chi connectivity index (χ3n) is 7.61. The van der Waals surface area contributed by atoms with E-state index in [4.69, 9.17) is 0 Å². The van der Waals surface area contributed by atoms with Crippen LogP contribution >= 0.6 is 0 Å². The molecule has 2 aliphatic heterocycles. The summed E-state index contributed by atoms with van der Waals surface area (Å²) in [4.78, 5) is 24.5. The topological polar surface area (TPSA) is 59.9 Å². The minimum atomic E-state index is -0.740. The third kappa shape index (κ3) is 4.14. The first-order valence-corrected chi connectivity index (χ1v) is 12.1. The Morgan fingerprint density at radius 3 is 2.50 bits per heavy atom. The summed E-state index contributed by atoms with van der Waals surface area (Å²) in [7, 11) is 2.17. The van der Waals surface area contributed by atoms with Crippen LogP contribution in [0, 0.1) is 5.92 Å². The molecule has 0 unspecified atom stereocenters. The summed E-state index contributed by atoms with van der Waals surface area (Å²) >= 11 is 0. The summed E-state index contributed by atoms with van der Waals surface area (Å²) in [6.07, 6.45) is 7.10. The number of benzene rings is 1. The molecule has 0 bridgehead atoms. The van der Waals surface area contributed by atoms with Crippen LogP contribution < -0.4 is 9.80 Å². The van der Waals surface area contributed by atoms with Crippen LogP contribution in [0.2, 0.25) is 0 Å². The van der Waals surface area contributed by atoms with Crippen LogP contribution in [0.1, 0.15) is 43.2 Å². The molecule has 3 heterocycles. The van der Waals surface area contributed by atoms with Gasteiger partial charge in [0.2, 0.25) is 5.91 Å². The lowest BCUT2D eigenvalue weighted by molar-refractivity contribution is -0.120. The molecule has 1 aliphatic carbocycles. The molecule has 5 rings (SSSR count). The van der Waals surface area contributed by atoms with Crippen LogP contribution in [0.15, 0.2) is 42.6 Å². The quantitative estimate of drug-likeness (QED) is 0.783. The number of piperazine rings is 1. The second-order valence-electron chi connectivity index (χ2n) is 9.74. The van der Waals surface area contributed by atoms with Crippen LogP contribution in [0.3, 0.4) is 0 Å². The van der Waals surface area contributed by atoms with Crippen molar-refractivity contribution in [1.82, 2.24) is 9.88 Å². The number of rotatable bonds is 5. The molecule has 2 saturated heterocycles. The van der Waals surface area contributed by atoms with E-state index < -0.39 is 5.60 Å². The lowest BCUT2D eigenvalue weighted by Crippen LogP contribution is -2.44. The van der Waals surface area contributed by atoms with Gasteiger partial charge in [-0.1, -0.05) is 37.1 Å². The van der Waals surface area contributed by atoms with Gasteiger partial charge in [0.1, 0.15) is 5.82 Å². The van der Waals surface area contributed by atoms with E-state index in [1.54, 1.807) is 6.20 Å². The van der Waals surface area contributed by atoms with Gasteiger partial charge >= 0.3 is 0 Å². The van der Waals surface area contributed by atoms with Gasteiger partial charge in [-0.05, 0) is 50.4 Å². The van der Waals surface area contributed by atoms with Gasteiger partial charge in [0.15, 0.2) is 0 Å². The number of aliphatic hydroxyl groups is 1. The Morgan fingerprint density at radius 1 is 1.03 bits per heavy atom. The molecule has 3 aliphatic rings. The van der Waals surface area contributed by atoms with Crippen LogP contribution in [-0.4, -0.2) is 60.7 Å². The molecule has 0 radical (unpaired) electrons. The van der Waals surface area contributed by atoms with Gasteiger partial charge in [0.05, 0.1) is 5.60 Å². The molecule has 32 heavy (non-hydrogen) atoms. The van der Waals surface area contributed by atoms with Crippen molar-refractivity contribution in [2.24, 2.45) is 5.92 Å². The highest BCUT2D eigenvalue weighted by atomic mass is 16.3. The van der Waals surface area contributed by atoms with E-state index in [2.05, 4.69) is 46.1 Å². The van der Waals surface area contributed by atoms with Crippen molar-refractivity contribution in [1.29, 1.82) is 0 Å². The Bertz CT molecular complexity index is 947. The Labute approximate surface area is 190 Å². The number of nitrogens with zero attached hydrogens (tertiary/aromatic N) is 4. The van der Waals surface area contributed by atoms with Crippen molar-refractivity contribution < 1.29 is 9.90 Å². The van der Waals surface area contributed by atoms with E-state index in [0.717, 1.165) is 70.3 Å².